The number of rotatable bonds is 1. The average Bonchev–Trinajstić information content (AvgIpc) is 2.95. The van der Waals surface area contributed by atoms with E-state index in [1.165, 1.54) is 49.7 Å². The molecular weight excluding hydrogens is 218 g/mol. The lowest BCUT2D eigenvalue weighted by atomic mass is 9.91. The van der Waals surface area contributed by atoms with Crippen LogP contribution in [0.1, 0.15) is 45.4 Å². The van der Waals surface area contributed by atoms with Crippen molar-refractivity contribution in [3.05, 3.63) is 57.9 Å². The van der Waals surface area contributed by atoms with Crippen molar-refractivity contribution in [2.24, 2.45) is 5.73 Å². The highest BCUT2D eigenvalue weighted by atomic mass is 14.5. The predicted molar refractivity (Wildman–Crippen MR) is 76.9 cm³/mol. The minimum atomic E-state index is 1.21. The predicted octanol–water partition coefficient (Wildman–Crippen LogP) is 4.31. The van der Waals surface area contributed by atoms with E-state index >= 15 is 0 Å². The Labute approximate surface area is 109 Å². The second kappa shape index (κ2) is 4.64. The quantitative estimate of drug-likeness (QED) is 0.725. The first-order valence-corrected chi connectivity index (χ1v) is 7.00. The third kappa shape index (κ3) is 1.78. The number of nitrogens with two attached hydrogens (primary N) is 1. The SMILES string of the molecule is CC1=C(/C=C\N)/C(=C2\CCC3=C2CCC=C3)CC1. The van der Waals surface area contributed by atoms with E-state index in [0.717, 1.165) is 0 Å². The molecule has 0 aromatic rings. The van der Waals surface area contributed by atoms with Gasteiger partial charge in [0.05, 0.1) is 0 Å². The van der Waals surface area contributed by atoms with Crippen molar-refractivity contribution in [2.45, 2.75) is 45.4 Å². The molecule has 1 heteroatoms. The molecular formula is C17H21N. The third-order valence-electron chi connectivity index (χ3n) is 4.44. The van der Waals surface area contributed by atoms with Crippen LogP contribution in [0.4, 0.5) is 0 Å². The summed E-state index contributed by atoms with van der Waals surface area (Å²) in [4.78, 5) is 0. The summed E-state index contributed by atoms with van der Waals surface area (Å²) in [5, 5.41) is 0. The van der Waals surface area contributed by atoms with Gasteiger partial charge in [0.15, 0.2) is 0 Å². The Morgan fingerprint density at radius 1 is 1.00 bits per heavy atom. The molecule has 1 nitrogen and oxygen atoms in total. The minimum Gasteiger partial charge on any atom is -0.405 e. The maximum absolute atomic E-state index is 5.60. The lowest BCUT2D eigenvalue weighted by molar-refractivity contribution is 0.938. The zero-order valence-corrected chi connectivity index (χ0v) is 11.1. The van der Waals surface area contributed by atoms with Gasteiger partial charge in [-0.25, -0.2) is 0 Å². The van der Waals surface area contributed by atoms with Gasteiger partial charge in [-0.15, -0.1) is 0 Å². The largest absolute Gasteiger partial charge is 0.405 e. The van der Waals surface area contributed by atoms with Gasteiger partial charge < -0.3 is 5.73 Å². The van der Waals surface area contributed by atoms with Crippen molar-refractivity contribution in [2.75, 3.05) is 0 Å². The van der Waals surface area contributed by atoms with Crippen molar-refractivity contribution in [3.63, 3.8) is 0 Å². The summed E-state index contributed by atoms with van der Waals surface area (Å²) >= 11 is 0. The first kappa shape index (κ1) is 11.6. The van der Waals surface area contributed by atoms with Crippen LogP contribution < -0.4 is 5.73 Å². The topological polar surface area (TPSA) is 26.0 Å². The fraction of sp³-hybridized carbons (Fsp3) is 0.412. The van der Waals surface area contributed by atoms with E-state index in [1.54, 1.807) is 28.5 Å². The van der Waals surface area contributed by atoms with Crippen molar-refractivity contribution in [3.8, 4) is 0 Å². The summed E-state index contributed by atoms with van der Waals surface area (Å²) in [6.45, 7) is 2.24. The van der Waals surface area contributed by atoms with Crippen LogP contribution in [0, 0.1) is 0 Å². The van der Waals surface area contributed by atoms with E-state index in [2.05, 4.69) is 25.2 Å². The van der Waals surface area contributed by atoms with E-state index in [1.807, 2.05) is 0 Å². The number of hydrogen-bond acceptors (Lipinski definition) is 1. The van der Waals surface area contributed by atoms with Crippen molar-refractivity contribution in [1.29, 1.82) is 0 Å². The Morgan fingerprint density at radius 3 is 2.67 bits per heavy atom. The molecule has 0 aromatic heterocycles. The van der Waals surface area contributed by atoms with Crippen LogP contribution in [0.25, 0.3) is 0 Å². The van der Waals surface area contributed by atoms with Gasteiger partial charge in [-0.05, 0) is 85.6 Å². The molecule has 0 fully saturated rings. The Balaban J connectivity index is 2.06. The fourth-order valence-electron chi connectivity index (χ4n) is 3.53. The van der Waals surface area contributed by atoms with Gasteiger partial charge in [-0.2, -0.15) is 0 Å². The molecule has 0 saturated heterocycles. The van der Waals surface area contributed by atoms with Crippen LogP contribution in [0.2, 0.25) is 0 Å². The van der Waals surface area contributed by atoms with Crippen molar-refractivity contribution in [1.82, 2.24) is 0 Å². The number of hydrogen-bond donors (Lipinski definition) is 1. The zero-order chi connectivity index (χ0) is 12.5. The standard InChI is InChI=1S/C17H21N/c1-12-6-8-16(14(12)10-11-18)17-9-7-13-4-2-3-5-15(13)17/h2,4,10-11H,3,5-9,18H2,1H3/b11-10-,17-16+. The van der Waals surface area contributed by atoms with Crippen molar-refractivity contribution >= 4 is 0 Å². The molecule has 94 valence electrons. The highest BCUT2D eigenvalue weighted by molar-refractivity contribution is 5.58. The molecule has 0 aliphatic heterocycles. The maximum atomic E-state index is 5.60. The molecule has 3 rings (SSSR count). The Morgan fingerprint density at radius 2 is 1.83 bits per heavy atom. The van der Waals surface area contributed by atoms with Crippen LogP contribution in [0.3, 0.4) is 0 Å². The van der Waals surface area contributed by atoms with E-state index in [-0.39, 0.29) is 0 Å². The fourth-order valence-corrected chi connectivity index (χ4v) is 3.53. The van der Waals surface area contributed by atoms with Gasteiger partial charge in [-0.1, -0.05) is 17.7 Å². The Kier molecular flexibility index (Phi) is 2.99. The third-order valence-corrected chi connectivity index (χ3v) is 4.44. The Hall–Kier alpha value is -1.50. The first-order valence-electron chi connectivity index (χ1n) is 7.00. The summed E-state index contributed by atoms with van der Waals surface area (Å²) in [7, 11) is 0. The van der Waals surface area contributed by atoms with E-state index in [0.29, 0.717) is 0 Å². The van der Waals surface area contributed by atoms with Gasteiger partial charge >= 0.3 is 0 Å². The van der Waals surface area contributed by atoms with Crippen LogP contribution in [-0.2, 0) is 0 Å². The zero-order valence-electron chi connectivity index (χ0n) is 11.1. The summed E-state index contributed by atoms with van der Waals surface area (Å²) in [6.07, 6.45) is 15.8. The molecule has 0 aromatic carbocycles. The average molecular weight is 239 g/mol. The van der Waals surface area contributed by atoms with Crippen LogP contribution >= 0.6 is 0 Å². The molecule has 0 spiro atoms. The summed E-state index contributed by atoms with van der Waals surface area (Å²) < 4.78 is 0. The van der Waals surface area contributed by atoms with E-state index < -0.39 is 0 Å². The van der Waals surface area contributed by atoms with E-state index in [4.69, 9.17) is 5.73 Å². The molecule has 0 atom stereocenters. The highest BCUT2D eigenvalue weighted by Gasteiger charge is 2.26. The van der Waals surface area contributed by atoms with Crippen LogP contribution in [-0.4, -0.2) is 0 Å². The van der Waals surface area contributed by atoms with Gasteiger partial charge in [0.1, 0.15) is 0 Å². The molecule has 3 aliphatic rings. The smallest absolute Gasteiger partial charge is 0.00563 e. The maximum Gasteiger partial charge on any atom is -0.00563 e. The lowest BCUT2D eigenvalue weighted by Crippen LogP contribution is -1.95. The molecule has 18 heavy (non-hydrogen) atoms. The summed E-state index contributed by atoms with van der Waals surface area (Å²) in [5.41, 5.74) is 15.0. The second-order valence-corrected chi connectivity index (χ2v) is 5.46. The van der Waals surface area contributed by atoms with Gasteiger partial charge in [-0.3, -0.25) is 0 Å². The second-order valence-electron chi connectivity index (χ2n) is 5.46. The normalized spacial score (nSPS) is 27.8. The lowest BCUT2D eigenvalue weighted by Gasteiger charge is -2.14. The molecule has 0 heterocycles. The minimum absolute atomic E-state index is 1.21. The molecule has 0 saturated carbocycles. The first-order chi connectivity index (χ1) is 8.81. The molecule has 3 aliphatic carbocycles. The van der Waals surface area contributed by atoms with Gasteiger partial charge in [0, 0.05) is 0 Å². The summed E-state index contributed by atoms with van der Waals surface area (Å²) in [5.74, 6) is 0. The van der Waals surface area contributed by atoms with Gasteiger partial charge in [0.25, 0.3) is 0 Å². The monoisotopic (exact) mass is 239 g/mol. The van der Waals surface area contributed by atoms with E-state index in [9.17, 15) is 0 Å². The summed E-state index contributed by atoms with van der Waals surface area (Å²) in [6, 6.07) is 0. The van der Waals surface area contributed by atoms with Crippen molar-refractivity contribution < 1.29 is 0 Å². The number of allylic oxidation sites excluding steroid dienone is 9. The molecule has 0 bridgehead atoms. The molecule has 0 radical (unpaired) electrons. The Bertz CT molecular complexity index is 524. The van der Waals surface area contributed by atoms with Crippen LogP contribution in [0.5, 0.6) is 0 Å². The van der Waals surface area contributed by atoms with Gasteiger partial charge in [0.2, 0.25) is 0 Å². The van der Waals surface area contributed by atoms with Crippen LogP contribution in [0.15, 0.2) is 57.9 Å². The highest BCUT2D eigenvalue weighted by Crippen LogP contribution is 2.44. The molecule has 2 N–H and O–H groups in total. The molecule has 0 amide bonds. The molecule has 0 unspecified atom stereocenters.